The number of anilines is 1. The van der Waals surface area contributed by atoms with Crippen molar-refractivity contribution in [3.63, 3.8) is 0 Å². The molecule has 0 bridgehead atoms. The predicted molar refractivity (Wildman–Crippen MR) is 106 cm³/mol. The number of amides is 1. The molecule has 0 saturated carbocycles. The van der Waals surface area contributed by atoms with Crippen molar-refractivity contribution < 1.29 is 4.79 Å². The standard InChI is InChI=1S/C20H23N3OS/c1-20(2,3)15-10-8-14(9-11-15)19(24)22-13-12-21-18-16-6-4-5-7-17(16)25-23-18/h4-11H,12-13H2,1-3H3,(H,21,23)(H,22,24). The van der Waals surface area contributed by atoms with Crippen molar-refractivity contribution in [2.75, 3.05) is 18.4 Å². The van der Waals surface area contributed by atoms with Gasteiger partial charge in [-0.1, -0.05) is 45.0 Å². The summed E-state index contributed by atoms with van der Waals surface area (Å²) in [7, 11) is 0. The molecule has 130 valence electrons. The van der Waals surface area contributed by atoms with Crippen molar-refractivity contribution in [3.8, 4) is 0 Å². The maximum absolute atomic E-state index is 12.2. The van der Waals surface area contributed by atoms with Gasteiger partial charge >= 0.3 is 0 Å². The molecule has 0 radical (unpaired) electrons. The van der Waals surface area contributed by atoms with E-state index in [1.54, 1.807) is 0 Å². The van der Waals surface area contributed by atoms with Crippen molar-refractivity contribution >= 4 is 33.3 Å². The lowest BCUT2D eigenvalue weighted by Gasteiger charge is -2.19. The van der Waals surface area contributed by atoms with E-state index in [-0.39, 0.29) is 11.3 Å². The SMILES string of the molecule is CC(C)(C)c1ccc(C(=O)NCCNc2nsc3ccccc23)cc1. The molecule has 0 saturated heterocycles. The van der Waals surface area contributed by atoms with Crippen LogP contribution in [-0.4, -0.2) is 23.4 Å². The van der Waals surface area contributed by atoms with E-state index in [0.29, 0.717) is 18.7 Å². The van der Waals surface area contributed by atoms with E-state index >= 15 is 0 Å². The van der Waals surface area contributed by atoms with Gasteiger partial charge in [0.1, 0.15) is 5.82 Å². The van der Waals surface area contributed by atoms with Crippen LogP contribution in [0.15, 0.2) is 48.5 Å². The van der Waals surface area contributed by atoms with Crippen LogP contribution in [0.25, 0.3) is 10.1 Å². The number of hydrogen-bond donors (Lipinski definition) is 2. The summed E-state index contributed by atoms with van der Waals surface area (Å²) in [5.41, 5.74) is 2.00. The van der Waals surface area contributed by atoms with Gasteiger partial charge in [0.2, 0.25) is 0 Å². The van der Waals surface area contributed by atoms with Gasteiger partial charge in [-0.05, 0) is 46.8 Å². The molecule has 0 aliphatic heterocycles. The van der Waals surface area contributed by atoms with E-state index in [2.05, 4.69) is 47.9 Å². The number of fused-ring (bicyclic) bond motifs is 1. The summed E-state index contributed by atoms with van der Waals surface area (Å²) < 4.78 is 5.58. The number of aromatic nitrogens is 1. The molecule has 5 heteroatoms. The number of nitrogens with zero attached hydrogens (tertiary/aromatic N) is 1. The summed E-state index contributed by atoms with van der Waals surface area (Å²) in [4.78, 5) is 12.2. The normalized spacial score (nSPS) is 11.5. The summed E-state index contributed by atoms with van der Waals surface area (Å²) in [5, 5.41) is 7.35. The van der Waals surface area contributed by atoms with Crippen LogP contribution in [0.3, 0.4) is 0 Å². The fraction of sp³-hybridized carbons (Fsp3) is 0.300. The van der Waals surface area contributed by atoms with Crippen molar-refractivity contribution in [2.45, 2.75) is 26.2 Å². The molecular weight excluding hydrogens is 330 g/mol. The highest BCUT2D eigenvalue weighted by Crippen LogP contribution is 2.25. The Hall–Kier alpha value is -2.40. The number of carbonyl (C=O) groups is 1. The molecule has 25 heavy (non-hydrogen) atoms. The fourth-order valence-corrected chi connectivity index (χ4v) is 3.35. The second-order valence-electron chi connectivity index (χ2n) is 7.04. The first-order valence-electron chi connectivity index (χ1n) is 8.42. The number of rotatable bonds is 5. The Kier molecular flexibility index (Phi) is 5.04. The first kappa shape index (κ1) is 17.4. The zero-order valence-electron chi connectivity index (χ0n) is 14.8. The van der Waals surface area contributed by atoms with Crippen LogP contribution in [0.2, 0.25) is 0 Å². The molecule has 1 aromatic heterocycles. The molecule has 0 fully saturated rings. The molecule has 2 N–H and O–H groups in total. The predicted octanol–water partition coefficient (Wildman–Crippen LogP) is 4.44. The summed E-state index contributed by atoms with van der Waals surface area (Å²) in [6.45, 7) is 7.67. The molecule has 1 heterocycles. The van der Waals surface area contributed by atoms with Crippen LogP contribution in [0.1, 0.15) is 36.7 Å². The van der Waals surface area contributed by atoms with E-state index in [0.717, 1.165) is 15.9 Å². The summed E-state index contributed by atoms with van der Waals surface area (Å²) in [6, 6.07) is 15.9. The van der Waals surface area contributed by atoms with Gasteiger partial charge in [0.05, 0.1) is 4.70 Å². The lowest BCUT2D eigenvalue weighted by molar-refractivity contribution is 0.0955. The minimum Gasteiger partial charge on any atom is -0.367 e. The van der Waals surface area contributed by atoms with Gasteiger partial charge in [-0.2, -0.15) is 4.37 Å². The van der Waals surface area contributed by atoms with Crippen molar-refractivity contribution in [1.82, 2.24) is 9.69 Å². The average molecular weight is 353 g/mol. The zero-order chi connectivity index (χ0) is 17.9. The topological polar surface area (TPSA) is 54.0 Å². The Labute approximate surface area is 152 Å². The molecule has 0 aliphatic carbocycles. The Morgan fingerprint density at radius 3 is 2.48 bits per heavy atom. The molecule has 4 nitrogen and oxygen atoms in total. The molecule has 0 aliphatic rings. The van der Waals surface area contributed by atoms with Gasteiger partial charge in [-0.25, -0.2) is 0 Å². The highest BCUT2D eigenvalue weighted by molar-refractivity contribution is 7.13. The smallest absolute Gasteiger partial charge is 0.251 e. The van der Waals surface area contributed by atoms with Gasteiger partial charge in [0, 0.05) is 24.0 Å². The number of carbonyl (C=O) groups excluding carboxylic acids is 1. The highest BCUT2D eigenvalue weighted by atomic mass is 32.1. The maximum atomic E-state index is 12.2. The maximum Gasteiger partial charge on any atom is 0.251 e. The summed E-state index contributed by atoms with van der Waals surface area (Å²) >= 11 is 1.48. The first-order valence-corrected chi connectivity index (χ1v) is 9.19. The Bertz CT molecular complexity index is 863. The molecule has 3 aromatic rings. The van der Waals surface area contributed by atoms with E-state index in [1.165, 1.54) is 17.1 Å². The van der Waals surface area contributed by atoms with E-state index < -0.39 is 0 Å². The molecule has 0 spiro atoms. The summed E-state index contributed by atoms with van der Waals surface area (Å²) in [6.07, 6.45) is 0. The van der Waals surface area contributed by atoms with Gasteiger partial charge in [0.25, 0.3) is 5.91 Å². The number of hydrogen-bond acceptors (Lipinski definition) is 4. The van der Waals surface area contributed by atoms with Crippen molar-refractivity contribution in [3.05, 3.63) is 59.7 Å². The Balaban J connectivity index is 1.51. The summed E-state index contributed by atoms with van der Waals surface area (Å²) in [5.74, 6) is 0.828. The van der Waals surface area contributed by atoms with Gasteiger partial charge in [-0.3, -0.25) is 4.79 Å². The van der Waals surface area contributed by atoms with Gasteiger partial charge in [-0.15, -0.1) is 0 Å². The second kappa shape index (κ2) is 7.23. The quantitative estimate of drug-likeness (QED) is 0.667. The molecule has 1 amide bonds. The van der Waals surface area contributed by atoms with Crippen LogP contribution >= 0.6 is 11.5 Å². The molecule has 3 rings (SSSR count). The van der Waals surface area contributed by atoms with E-state index in [9.17, 15) is 4.79 Å². The zero-order valence-corrected chi connectivity index (χ0v) is 15.6. The van der Waals surface area contributed by atoms with Crippen LogP contribution in [0.5, 0.6) is 0 Å². The highest BCUT2D eigenvalue weighted by Gasteiger charge is 2.14. The average Bonchev–Trinajstić information content (AvgIpc) is 3.01. The van der Waals surface area contributed by atoms with Crippen molar-refractivity contribution in [1.29, 1.82) is 0 Å². The van der Waals surface area contributed by atoms with Crippen LogP contribution in [0, 0.1) is 0 Å². The van der Waals surface area contributed by atoms with Crippen LogP contribution in [-0.2, 0) is 5.41 Å². The third-order valence-electron chi connectivity index (χ3n) is 4.09. The third-order valence-corrected chi connectivity index (χ3v) is 4.92. The largest absolute Gasteiger partial charge is 0.367 e. The fourth-order valence-electron chi connectivity index (χ4n) is 2.59. The molecule has 0 atom stereocenters. The molecular formula is C20H23N3OS. The Morgan fingerprint density at radius 1 is 1.04 bits per heavy atom. The lowest BCUT2D eigenvalue weighted by atomic mass is 9.87. The van der Waals surface area contributed by atoms with E-state index in [1.807, 2.05) is 36.4 Å². The van der Waals surface area contributed by atoms with Gasteiger partial charge < -0.3 is 10.6 Å². The monoisotopic (exact) mass is 353 g/mol. The molecule has 0 unspecified atom stereocenters. The minimum absolute atomic E-state index is 0.0506. The van der Waals surface area contributed by atoms with E-state index in [4.69, 9.17) is 0 Å². The van der Waals surface area contributed by atoms with Crippen LogP contribution in [0.4, 0.5) is 5.82 Å². The number of nitrogens with one attached hydrogen (secondary N) is 2. The van der Waals surface area contributed by atoms with Gasteiger partial charge in [0.15, 0.2) is 0 Å². The van der Waals surface area contributed by atoms with Crippen LogP contribution < -0.4 is 10.6 Å². The molecule has 2 aromatic carbocycles. The second-order valence-corrected chi connectivity index (χ2v) is 7.84. The lowest BCUT2D eigenvalue weighted by Crippen LogP contribution is -2.28. The number of benzene rings is 2. The minimum atomic E-state index is -0.0506. The Morgan fingerprint density at radius 2 is 1.76 bits per heavy atom. The third kappa shape index (κ3) is 4.17. The first-order chi connectivity index (χ1) is 11.9. The van der Waals surface area contributed by atoms with Crippen molar-refractivity contribution in [2.24, 2.45) is 0 Å².